The van der Waals surface area contributed by atoms with Crippen molar-refractivity contribution in [3.05, 3.63) is 34.9 Å². The van der Waals surface area contributed by atoms with E-state index < -0.39 is 17.8 Å². The summed E-state index contributed by atoms with van der Waals surface area (Å²) >= 11 is 0. The molecule has 3 heterocycles. The Morgan fingerprint density at radius 3 is 2.97 bits per heavy atom. The topological polar surface area (TPSA) is 169 Å². The van der Waals surface area contributed by atoms with Gasteiger partial charge < -0.3 is 26.8 Å². The number of guanidine groups is 2. The number of aliphatic hydroxyl groups is 1. The van der Waals surface area contributed by atoms with Crippen molar-refractivity contribution in [2.24, 2.45) is 22.2 Å². The molecule has 5 rings (SSSR count). The Balaban J connectivity index is 1.43. The second-order valence-electron chi connectivity index (χ2n) is 8.56. The van der Waals surface area contributed by atoms with Crippen molar-refractivity contribution in [2.75, 3.05) is 13.1 Å². The second-order valence-corrected chi connectivity index (χ2v) is 8.56. The Bertz CT molecular complexity index is 947. The van der Waals surface area contributed by atoms with E-state index in [4.69, 9.17) is 17.2 Å². The molecule has 1 amide bonds. The lowest BCUT2D eigenvalue weighted by Gasteiger charge is -2.43. The minimum absolute atomic E-state index is 0.181. The summed E-state index contributed by atoms with van der Waals surface area (Å²) in [4.78, 5) is 22.6. The summed E-state index contributed by atoms with van der Waals surface area (Å²) in [5, 5.41) is 17.5. The lowest BCUT2D eigenvalue weighted by atomic mass is 9.87. The predicted octanol–water partition coefficient (Wildman–Crippen LogP) is -3.94. The highest BCUT2D eigenvalue weighted by Gasteiger charge is 2.68. The number of carbonyl (C=O) groups is 1. The fourth-order valence-corrected chi connectivity index (χ4v) is 5.55. The van der Waals surface area contributed by atoms with E-state index in [-0.39, 0.29) is 30.5 Å². The van der Waals surface area contributed by atoms with Crippen LogP contribution < -0.4 is 32.8 Å². The molecule has 1 aliphatic carbocycles. The van der Waals surface area contributed by atoms with Crippen molar-refractivity contribution in [1.29, 1.82) is 0 Å². The van der Waals surface area contributed by atoms with Crippen LogP contribution in [0.4, 0.5) is 0 Å². The van der Waals surface area contributed by atoms with Crippen molar-refractivity contribution in [3.63, 3.8) is 0 Å². The molecule has 0 radical (unpaired) electrons. The highest BCUT2D eigenvalue weighted by atomic mass is 16.3. The molecule has 160 valence electrons. The molecule has 1 aromatic rings. The van der Waals surface area contributed by atoms with E-state index >= 15 is 0 Å². The number of benzene rings is 1. The van der Waals surface area contributed by atoms with E-state index in [2.05, 4.69) is 26.7 Å². The number of nitrogens with two attached hydrogens (primary N) is 3. The number of carbonyl (C=O) groups excluding carboxylic acids is 1. The molecule has 0 aromatic heterocycles. The number of nitrogens with zero attached hydrogens (tertiary/aromatic N) is 2. The number of hydrogen-bond donors (Lipinski definition) is 7. The number of rotatable bonds is 3. The van der Waals surface area contributed by atoms with Crippen LogP contribution in [0.3, 0.4) is 0 Å². The summed E-state index contributed by atoms with van der Waals surface area (Å²) in [5.74, 6) is 0.425. The van der Waals surface area contributed by atoms with Crippen LogP contribution in [0.2, 0.25) is 0 Å². The molecule has 10 N–H and O–H groups in total. The molecule has 10 heteroatoms. The average molecular weight is 414 g/mol. The molecule has 30 heavy (non-hydrogen) atoms. The molecular weight excluding hydrogens is 384 g/mol. The number of aliphatic imine (C=N–C) groups is 1. The zero-order chi connectivity index (χ0) is 21.0. The number of nitrogens with one attached hydrogen (secondary N) is 3. The quantitative estimate of drug-likeness (QED) is 0.265. The van der Waals surface area contributed by atoms with E-state index in [1.54, 1.807) is 4.90 Å². The van der Waals surface area contributed by atoms with Gasteiger partial charge in [0, 0.05) is 18.7 Å². The lowest BCUT2D eigenvalue weighted by molar-refractivity contribution is -0.513. The van der Waals surface area contributed by atoms with Gasteiger partial charge in [0.1, 0.15) is 12.1 Å². The molecule has 5 atom stereocenters. The van der Waals surface area contributed by atoms with Gasteiger partial charge in [-0.05, 0) is 42.9 Å². The van der Waals surface area contributed by atoms with Crippen molar-refractivity contribution in [2.45, 2.75) is 55.6 Å². The van der Waals surface area contributed by atoms with Crippen LogP contribution in [0.15, 0.2) is 23.2 Å². The predicted molar refractivity (Wildman–Crippen MR) is 111 cm³/mol. The normalized spacial score (nSPS) is 34.3. The molecule has 1 saturated heterocycles. The second kappa shape index (κ2) is 6.85. The Morgan fingerprint density at radius 2 is 2.17 bits per heavy atom. The van der Waals surface area contributed by atoms with Crippen LogP contribution in [-0.2, 0) is 12.8 Å². The Kier molecular flexibility index (Phi) is 4.37. The van der Waals surface area contributed by atoms with Crippen LogP contribution in [0.5, 0.6) is 0 Å². The van der Waals surface area contributed by atoms with Gasteiger partial charge >= 0.3 is 5.96 Å². The molecule has 3 aliphatic heterocycles. The molecule has 4 aliphatic rings. The maximum Gasteiger partial charge on any atom is 0.343 e. The van der Waals surface area contributed by atoms with Gasteiger partial charge in [0.05, 0.1) is 6.04 Å². The van der Waals surface area contributed by atoms with Crippen molar-refractivity contribution in [3.8, 4) is 0 Å². The van der Waals surface area contributed by atoms with Gasteiger partial charge in [0.2, 0.25) is 5.66 Å². The molecule has 1 fully saturated rings. The summed E-state index contributed by atoms with van der Waals surface area (Å²) in [6, 6.07) is 4.62. The Morgan fingerprint density at radius 1 is 1.37 bits per heavy atom. The Hall–Kier alpha value is -2.85. The van der Waals surface area contributed by atoms with E-state index in [9.17, 15) is 9.90 Å². The van der Waals surface area contributed by atoms with Gasteiger partial charge in [-0.1, -0.05) is 12.1 Å². The van der Waals surface area contributed by atoms with Crippen molar-refractivity contribution < 1.29 is 14.9 Å². The minimum atomic E-state index is -1.01. The van der Waals surface area contributed by atoms with Crippen LogP contribution in [-0.4, -0.2) is 70.8 Å². The molecule has 1 aromatic carbocycles. The molecule has 1 spiro atoms. The SMILES string of the molecule is NC[C@@H]1N=C(N)N2CC(NC(=O)c3cccc4c3CCCC4)[C@@H](O)[C@@]23NC(N)=[NH+][C@@H]13. The number of hydrogen-bond acceptors (Lipinski definition) is 8. The third-order valence-electron chi connectivity index (χ3n) is 6.94. The van der Waals surface area contributed by atoms with Crippen LogP contribution in [0.1, 0.15) is 34.3 Å². The molecular formula is C20H29N8O2+. The van der Waals surface area contributed by atoms with Gasteiger partial charge in [-0.15, -0.1) is 0 Å². The first-order valence-electron chi connectivity index (χ1n) is 10.5. The fourth-order valence-electron chi connectivity index (χ4n) is 5.55. The molecule has 10 nitrogen and oxygen atoms in total. The van der Waals surface area contributed by atoms with Gasteiger partial charge in [-0.25, -0.2) is 10.3 Å². The maximum absolute atomic E-state index is 13.2. The van der Waals surface area contributed by atoms with Gasteiger partial charge in [0.15, 0.2) is 12.0 Å². The highest BCUT2D eigenvalue weighted by Crippen LogP contribution is 2.35. The third kappa shape index (κ3) is 2.60. The van der Waals surface area contributed by atoms with E-state index in [0.29, 0.717) is 18.1 Å². The van der Waals surface area contributed by atoms with Gasteiger partial charge in [0.25, 0.3) is 5.91 Å². The summed E-state index contributed by atoms with van der Waals surface area (Å²) in [5.41, 5.74) is 20.2. The summed E-state index contributed by atoms with van der Waals surface area (Å²) in [7, 11) is 0. The maximum atomic E-state index is 13.2. The summed E-state index contributed by atoms with van der Waals surface area (Å²) in [6.45, 7) is 0.565. The average Bonchev–Trinajstić information content (AvgIpc) is 3.24. The number of amides is 1. The Labute approximate surface area is 174 Å². The summed E-state index contributed by atoms with van der Waals surface area (Å²) < 4.78 is 0. The fraction of sp³-hybridized carbons (Fsp3) is 0.550. The summed E-state index contributed by atoms with van der Waals surface area (Å²) in [6.07, 6.45) is 3.16. The third-order valence-corrected chi connectivity index (χ3v) is 6.94. The molecule has 0 saturated carbocycles. The monoisotopic (exact) mass is 413 g/mol. The van der Waals surface area contributed by atoms with Crippen molar-refractivity contribution in [1.82, 2.24) is 15.5 Å². The number of aliphatic hydroxyl groups excluding tert-OH is 1. The van der Waals surface area contributed by atoms with E-state index in [0.717, 1.165) is 31.2 Å². The largest absolute Gasteiger partial charge is 0.385 e. The van der Waals surface area contributed by atoms with Gasteiger partial charge in [-0.2, -0.15) is 0 Å². The zero-order valence-corrected chi connectivity index (χ0v) is 16.8. The standard InChI is InChI=1S/C20H28N8O2/c21-8-13-15-20(27-18(22)26-15)16(29)14(9-28(20)19(23)25-13)24-17(30)12-7-3-5-10-4-1-2-6-11(10)12/h3,5,7,13-16,29H,1-2,4,6,8-9,21H2,(H2,23,25)(H,24,30)(H3,22,26,27)/p+1/t13-,14?,15-,16+,20-/m0/s1. The van der Waals surface area contributed by atoms with Gasteiger partial charge in [-0.3, -0.25) is 15.5 Å². The molecule has 0 bridgehead atoms. The van der Waals surface area contributed by atoms with Crippen LogP contribution in [0, 0.1) is 0 Å². The number of fused-ring (bicyclic) bond motifs is 1. The van der Waals surface area contributed by atoms with E-state index in [1.807, 2.05) is 12.1 Å². The van der Waals surface area contributed by atoms with E-state index in [1.165, 1.54) is 5.56 Å². The van der Waals surface area contributed by atoms with Crippen molar-refractivity contribution >= 4 is 17.8 Å². The molecule has 1 unspecified atom stereocenters. The first kappa shape index (κ1) is 19.1. The first-order valence-corrected chi connectivity index (χ1v) is 10.5. The first-order chi connectivity index (χ1) is 14.5. The highest BCUT2D eigenvalue weighted by molar-refractivity contribution is 5.96. The van der Waals surface area contributed by atoms with Crippen LogP contribution >= 0.6 is 0 Å². The zero-order valence-electron chi connectivity index (χ0n) is 16.8. The minimum Gasteiger partial charge on any atom is -0.385 e. The number of aryl methyl sites for hydroxylation is 1. The van der Waals surface area contributed by atoms with Crippen LogP contribution in [0.25, 0.3) is 0 Å². The lowest BCUT2D eigenvalue weighted by Crippen LogP contribution is -2.88. The smallest absolute Gasteiger partial charge is 0.343 e.